The quantitative estimate of drug-likeness (QED) is 0.547. The van der Waals surface area contributed by atoms with E-state index in [4.69, 9.17) is 9.84 Å². The molecule has 1 amide bonds. The lowest BCUT2D eigenvalue weighted by molar-refractivity contribution is -0.151. The van der Waals surface area contributed by atoms with Gasteiger partial charge in [-0.1, -0.05) is 12.8 Å². The number of rotatable bonds is 7. The van der Waals surface area contributed by atoms with Crippen molar-refractivity contribution in [3.05, 3.63) is 0 Å². The van der Waals surface area contributed by atoms with E-state index in [0.29, 0.717) is 19.4 Å². The van der Waals surface area contributed by atoms with E-state index in [-0.39, 0.29) is 24.5 Å². The van der Waals surface area contributed by atoms with Gasteiger partial charge in [-0.25, -0.2) is 4.79 Å². The molecule has 1 N–H and O–H groups in total. The van der Waals surface area contributed by atoms with Gasteiger partial charge >= 0.3 is 5.97 Å². The van der Waals surface area contributed by atoms with Gasteiger partial charge in [0.15, 0.2) is 0 Å². The summed E-state index contributed by atoms with van der Waals surface area (Å²) in [5, 5.41) is 8.64. The molecule has 0 spiro atoms. The first-order valence-corrected chi connectivity index (χ1v) is 6.69. The van der Waals surface area contributed by atoms with E-state index in [0.717, 1.165) is 32.1 Å². The van der Waals surface area contributed by atoms with Crippen molar-refractivity contribution < 1.29 is 19.4 Å². The Balaban J connectivity index is 2.29. The number of aliphatic hydroxyl groups is 1. The molecule has 5 heteroatoms. The summed E-state index contributed by atoms with van der Waals surface area (Å²) >= 11 is 0. The molecular formula is C13H23NO4. The third-order valence-corrected chi connectivity index (χ3v) is 3.35. The molecule has 0 aliphatic carbocycles. The van der Waals surface area contributed by atoms with E-state index in [1.54, 1.807) is 4.90 Å². The van der Waals surface area contributed by atoms with Gasteiger partial charge in [0.1, 0.15) is 6.04 Å². The van der Waals surface area contributed by atoms with Crippen LogP contribution in [0.2, 0.25) is 0 Å². The molecule has 1 heterocycles. The van der Waals surface area contributed by atoms with Crippen LogP contribution >= 0.6 is 0 Å². The maximum absolute atomic E-state index is 12.0. The summed E-state index contributed by atoms with van der Waals surface area (Å²) in [4.78, 5) is 25.1. The minimum Gasteiger partial charge on any atom is -0.467 e. The number of carbonyl (C=O) groups is 2. The van der Waals surface area contributed by atoms with Crippen LogP contribution < -0.4 is 0 Å². The van der Waals surface area contributed by atoms with E-state index in [2.05, 4.69) is 0 Å². The number of ether oxygens (including phenoxy) is 1. The zero-order valence-electron chi connectivity index (χ0n) is 11.1. The molecule has 1 unspecified atom stereocenters. The molecule has 0 aromatic heterocycles. The Morgan fingerprint density at radius 1 is 1.28 bits per heavy atom. The molecule has 0 aromatic rings. The third kappa shape index (κ3) is 4.29. The van der Waals surface area contributed by atoms with Crippen LogP contribution in [0.25, 0.3) is 0 Å². The Labute approximate surface area is 108 Å². The van der Waals surface area contributed by atoms with Crippen molar-refractivity contribution in [2.24, 2.45) is 0 Å². The van der Waals surface area contributed by atoms with E-state index >= 15 is 0 Å². The number of hydrogen-bond donors (Lipinski definition) is 1. The number of likely N-dealkylation sites (tertiary alicyclic amines) is 1. The van der Waals surface area contributed by atoms with Crippen molar-refractivity contribution in [2.45, 2.75) is 51.0 Å². The van der Waals surface area contributed by atoms with Crippen LogP contribution in [0, 0.1) is 0 Å². The molecule has 1 fully saturated rings. The predicted molar refractivity (Wildman–Crippen MR) is 66.9 cm³/mol. The lowest BCUT2D eigenvalue weighted by atomic mass is 10.1. The molecule has 5 nitrogen and oxygen atoms in total. The van der Waals surface area contributed by atoms with E-state index in [1.165, 1.54) is 7.11 Å². The monoisotopic (exact) mass is 257 g/mol. The Morgan fingerprint density at radius 3 is 2.67 bits per heavy atom. The van der Waals surface area contributed by atoms with Gasteiger partial charge in [-0.05, 0) is 25.7 Å². The fourth-order valence-corrected chi connectivity index (χ4v) is 2.33. The maximum atomic E-state index is 12.0. The summed E-state index contributed by atoms with van der Waals surface area (Å²) < 4.78 is 4.71. The molecule has 104 valence electrons. The van der Waals surface area contributed by atoms with E-state index in [1.807, 2.05) is 0 Å². The molecule has 1 aliphatic heterocycles. The summed E-state index contributed by atoms with van der Waals surface area (Å²) in [6.07, 6.45) is 5.58. The molecule has 0 radical (unpaired) electrons. The highest BCUT2D eigenvalue weighted by Crippen LogP contribution is 2.20. The molecule has 1 aliphatic rings. The second-order valence-corrected chi connectivity index (χ2v) is 4.66. The van der Waals surface area contributed by atoms with E-state index < -0.39 is 0 Å². The van der Waals surface area contributed by atoms with Crippen LogP contribution in [0.4, 0.5) is 0 Å². The van der Waals surface area contributed by atoms with Crippen LogP contribution in [0.3, 0.4) is 0 Å². The minimum atomic E-state index is -0.375. The van der Waals surface area contributed by atoms with Crippen LogP contribution in [-0.4, -0.2) is 48.2 Å². The van der Waals surface area contributed by atoms with Crippen LogP contribution in [-0.2, 0) is 14.3 Å². The van der Waals surface area contributed by atoms with Crippen molar-refractivity contribution in [3.63, 3.8) is 0 Å². The molecule has 1 atom stereocenters. The molecule has 18 heavy (non-hydrogen) atoms. The van der Waals surface area contributed by atoms with Crippen LogP contribution in [0.5, 0.6) is 0 Å². The number of unbranched alkanes of at least 4 members (excludes halogenated alkanes) is 3. The Morgan fingerprint density at radius 2 is 2.00 bits per heavy atom. The molecule has 1 saturated heterocycles. The highest BCUT2D eigenvalue weighted by atomic mass is 16.5. The van der Waals surface area contributed by atoms with Crippen molar-refractivity contribution >= 4 is 11.9 Å². The van der Waals surface area contributed by atoms with Gasteiger partial charge in [0, 0.05) is 19.6 Å². The largest absolute Gasteiger partial charge is 0.467 e. The number of amides is 1. The number of methoxy groups -OCH3 is 1. The lowest BCUT2D eigenvalue weighted by Gasteiger charge is -2.22. The van der Waals surface area contributed by atoms with E-state index in [9.17, 15) is 9.59 Å². The topological polar surface area (TPSA) is 66.8 Å². The average molecular weight is 257 g/mol. The number of hydrogen-bond acceptors (Lipinski definition) is 4. The molecule has 0 saturated carbocycles. The Kier molecular flexibility index (Phi) is 6.72. The molecule has 0 bridgehead atoms. The molecule has 1 rings (SSSR count). The number of carbonyl (C=O) groups excluding carboxylic acids is 2. The first-order valence-electron chi connectivity index (χ1n) is 6.69. The third-order valence-electron chi connectivity index (χ3n) is 3.35. The highest BCUT2D eigenvalue weighted by Gasteiger charge is 2.34. The highest BCUT2D eigenvalue weighted by molar-refractivity contribution is 5.85. The second kappa shape index (κ2) is 8.08. The first-order chi connectivity index (χ1) is 8.70. The predicted octanol–water partition coefficient (Wildman–Crippen LogP) is 1.09. The van der Waals surface area contributed by atoms with Gasteiger partial charge in [0.05, 0.1) is 7.11 Å². The minimum absolute atomic E-state index is 0.0481. The van der Waals surface area contributed by atoms with Crippen molar-refractivity contribution in [1.29, 1.82) is 0 Å². The summed E-state index contributed by atoms with van der Waals surface area (Å²) in [5.74, 6) is -0.256. The first kappa shape index (κ1) is 15.0. The maximum Gasteiger partial charge on any atom is 0.328 e. The molecular weight excluding hydrogens is 234 g/mol. The lowest BCUT2D eigenvalue weighted by Crippen LogP contribution is -2.40. The molecule has 0 aromatic carbocycles. The van der Waals surface area contributed by atoms with Gasteiger partial charge in [-0.15, -0.1) is 0 Å². The zero-order valence-corrected chi connectivity index (χ0v) is 11.1. The number of aliphatic hydroxyl groups excluding tert-OH is 1. The fourth-order valence-electron chi connectivity index (χ4n) is 2.33. The smallest absolute Gasteiger partial charge is 0.328 e. The SMILES string of the molecule is COC(=O)C1CCCN1C(=O)CCCCCCO. The van der Waals surface area contributed by atoms with Crippen molar-refractivity contribution in [3.8, 4) is 0 Å². The standard InChI is InChI=1S/C13H23NO4/c1-18-13(17)11-7-6-9-14(11)12(16)8-4-2-3-5-10-15/h11,15H,2-10H2,1H3. The van der Waals surface area contributed by atoms with Crippen molar-refractivity contribution in [2.75, 3.05) is 20.3 Å². The number of esters is 1. The average Bonchev–Trinajstić information content (AvgIpc) is 2.86. The van der Waals surface area contributed by atoms with Gasteiger partial charge < -0.3 is 14.7 Å². The summed E-state index contributed by atoms with van der Waals surface area (Å²) in [6.45, 7) is 0.875. The van der Waals surface area contributed by atoms with Gasteiger partial charge in [-0.3, -0.25) is 4.79 Å². The Bertz CT molecular complexity index is 280. The van der Waals surface area contributed by atoms with Crippen LogP contribution in [0.1, 0.15) is 44.9 Å². The normalized spacial score (nSPS) is 19.0. The summed E-state index contributed by atoms with van der Waals surface area (Å²) in [5.41, 5.74) is 0. The summed E-state index contributed by atoms with van der Waals surface area (Å²) in [7, 11) is 1.36. The van der Waals surface area contributed by atoms with Gasteiger partial charge in [0.25, 0.3) is 0 Å². The summed E-state index contributed by atoms with van der Waals surface area (Å²) in [6, 6.07) is -0.375. The fraction of sp³-hybridized carbons (Fsp3) is 0.846. The van der Waals surface area contributed by atoms with Gasteiger partial charge in [-0.2, -0.15) is 0 Å². The van der Waals surface area contributed by atoms with Crippen LogP contribution in [0.15, 0.2) is 0 Å². The van der Waals surface area contributed by atoms with Crippen molar-refractivity contribution in [1.82, 2.24) is 4.90 Å². The zero-order chi connectivity index (χ0) is 13.4. The number of nitrogens with zero attached hydrogens (tertiary/aromatic N) is 1. The second-order valence-electron chi connectivity index (χ2n) is 4.66. The Hall–Kier alpha value is -1.10. The van der Waals surface area contributed by atoms with Gasteiger partial charge in [0.2, 0.25) is 5.91 Å².